The number of rotatable bonds is 4. The number of hydrogen-bond donors (Lipinski definition) is 0. The van der Waals surface area contributed by atoms with Gasteiger partial charge in [-0.3, -0.25) is 0 Å². The number of carbonyl (C=O) groups is 1. The second-order valence-electron chi connectivity index (χ2n) is 4.80. The Morgan fingerprint density at radius 2 is 1.74 bits per heavy atom. The van der Waals surface area contributed by atoms with Crippen LogP contribution in [-0.2, 0) is 9.53 Å². The molecule has 0 fully saturated rings. The lowest BCUT2D eigenvalue weighted by Crippen LogP contribution is -2.27. The van der Waals surface area contributed by atoms with Gasteiger partial charge in [0, 0.05) is 12.1 Å². The third kappa shape index (κ3) is 5.17. The Labute approximate surface area is 122 Å². The summed E-state index contributed by atoms with van der Waals surface area (Å²) in [7, 11) is 1.47. The number of benzene rings is 1. The number of halogens is 2. The number of hydrogen-bond acceptors (Lipinski definition) is 4. The predicted molar refractivity (Wildman–Crippen MR) is 74.4 cm³/mol. The van der Waals surface area contributed by atoms with E-state index in [2.05, 4.69) is 0 Å². The van der Waals surface area contributed by atoms with E-state index in [1.165, 1.54) is 19.2 Å². The highest BCUT2D eigenvalue weighted by Crippen LogP contribution is 2.36. The van der Waals surface area contributed by atoms with Gasteiger partial charge in [0.05, 0.1) is 17.2 Å². The molecule has 0 aliphatic rings. The van der Waals surface area contributed by atoms with Gasteiger partial charge >= 0.3 is 5.97 Å². The topological polar surface area (TPSA) is 44.8 Å². The van der Waals surface area contributed by atoms with Crippen LogP contribution in [0.3, 0.4) is 0 Å². The van der Waals surface area contributed by atoms with Gasteiger partial charge in [-0.15, -0.1) is 0 Å². The first-order valence-electron chi connectivity index (χ1n) is 5.60. The van der Waals surface area contributed by atoms with Gasteiger partial charge in [-0.05, 0) is 20.8 Å². The van der Waals surface area contributed by atoms with Crippen molar-refractivity contribution in [1.29, 1.82) is 0 Å². The zero-order valence-corrected chi connectivity index (χ0v) is 12.8. The fourth-order valence-electron chi connectivity index (χ4n) is 1.33. The third-order valence-electron chi connectivity index (χ3n) is 1.95. The summed E-state index contributed by atoms with van der Waals surface area (Å²) in [6.45, 7) is 5.14. The van der Waals surface area contributed by atoms with Crippen molar-refractivity contribution in [1.82, 2.24) is 0 Å². The summed E-state index contributed by atoms with van der Waals surface area (Å²) in [6, 6.07) is 3.05. The van der Waals surface area contributed by atoms with Crippen LogP contribution in [-0.4, -0.2) is 25.3 Å². The number of carbonyl (C=O) groups excluding carboxylic acids is 1. The van der Waals surface area contributed by atoms with Crippen molar-refractivity contribution in [3.05, 3.63) is 22.2 Å². The summed E-state index contributed by atoms with van der Waals surface area (Å²) in [5, 5.41) is 0.628. The minimum absolute atomic E-state index is 0.212. The van der Waals surface area contributed by atoms with Crippen molar-refractivity contribution in [3.63, 3.8) is 0 Å². The largest absolute Gasteiger partial charge is 0.494 e. The van der Waals surface area contributed by atoms with Crippen LogP contribution in [0.2, 0.25) is 10.0 Å². The van der Waals surface area contributed by atoms with E-state index >= 15 is 0 Å². The van der Waals surface area contributed by atoms with E-state index in [9.17, 15) is 4.79 Å². The standard InChI is InChI=1S/C13H16Cl2O4/c1-13(2,3)19-11(16)7-18-8-5-9(14)12(17-4)10(15)6-8/h5-6H,7H2,1-4H3. The molecule has 19 heavy (non-hydrogen) atoms. The quantitative estimate of drug-likeness (QED) is 0.795. The molecule has 1 rings (SSSR count). The Balaban J connectivity index is 2.67. The van der Waals surface area contributed by atoms with E-state index in [0.717, 1.165) is 0 Å². The molecular formula is C13H16Cl2O4. The second-order valence-corrected chi connectivity index (χ2v) is 5.61. The van der Waals surface area contributed by atoms with Crippen molar-refractivity contribution in [2.75, 3.05) is 13.7 Å². The molecule has 0 unspecified atom stereocenters. The van der Waals surface area contributed by atoms with Crippen LogP contribution in [0.1, 0.15) is 20.8 Å². The van der Waals surface area contributed by atoms with Gasteiger partial charge in [-0.25, -0.2) is 4.79 Å². The first-order chi connectivity index (χ1) is 8.73. The monoisotopic (exact) mass is 306 g/mol. The van der Waals surface area contributed by atoms with Gasteiger partial charge in [-0.2, -0.15) is 0 Å². The lowest BCUT2D eigenvalue weighted by Gasteiger charge is -2.19. The molecule has 0 radical (unpaired) electrons. The van der Waals surface area contributed by atoms with E-state index in [1.807, 2.05) is 0 Å². The number of esters is 1. The highest BCUT2D eigenvalue weighted by atomic mass is 35.5. The molecular weight excluding hydrogens is 291 g/mol. The Hall–Kier alpha value is -1.13. The van der Waals surface area contributed by atoms with Crippen LogP contribution in [0.5, 0.6) is 11.5 Å². The molecule has 106 valence electrons. The van der Waals surface area contributed by atoms with Crippen LogP contribution in [0, 0.1) is 0 Å². The molecule has 0 saturated carbocycles. The third-order valence-corrected chi connectivity index (χ3v) is 2.51. The summed E-state index contributed by atoms with van der Waals surface area (Å²) in [4.78, 5) is 11.5. The highest BCUT2D eigenvalue weighted by Gasteiger charge is 2.17. The molecule has 0 spiro atoms. The molecule has 0 saturated heterocycles. The lowest BCUT2D eigenvalue weighted by atomic mass is 10.2. The molecule has 1 aromatic rings. The highest BCUT2D eigenvalue weighted by molar-refractivity contribution is 6.37. The SMILES string of the molecule is COc1c(Cl)cc(OCC(=O)OC(C)(C)C)cc1Cl. The van der Waals surface area contributed by atoms with Crippen LogP contribution in [0.25, 0.3) is 0 Å². The second kappa shape index (κ2) is 6.35. The van der Waals surface area contributed by atoms with Crippen molar-refractivity contribution < 1.29 is 19.0 Å². The molecule has 0 atom stereocenters. The zero-order chi connectivity index (χ0) is 14.6. The van der Waals surface area contributed by atoms with Gasteiger partial charge in [0.2, 0.25) is 0 Å². The first kappa shape index (κ1) is 15.9. The summed E-state index contributed by atoms with van der Waals surface area (Å²) in [5.74, 6) is 0.283. The maximum Gasteiger partial charge on any atom is 0.344 e. The minimum Gasteiger partial charge on any atom is -0.494 e. The number of ether oxygens (including phenoxy) is 3. The van der Waals surface area contributed by atoms with E-state index < -0.39 is 11.6 Å². The van der Waals surface area contributed by atoms with Crippen LogP contribution in [0.15, 0.2) is 12.1 Å². The molecule has 0 aliphatic carbocycles. The van der Waals surface area contributed by atoms with Crippen LogP contribution >= 0.6 is 23.2 Å². The average Bonchev–Trinajstić information content (AvgIpc) is 2.23. The maximum atomic E-state index is 11.5. The molecule has 0 bridgehead atoms. The normalized spacial score (nSPS) is 11.1. The Morgan fingerprint density at radius 1 is 1.21 bits per heavy atom. The van der Waals surface area contributed by atoms with E-state index in [4.69, 9.17) is 37.4 Å². The molecule has 0 aliphatic heterocycles. The molecule has 0 heterocycles. The van der Waals surface area contributed by atoms with Gasteiger partial charge in [0.25, 0.3) is 0 Å². The van der Waals surface area contributed by atoms with Gasteiger partial charge < -0.3 is 14.2 Å². The van der Waals surface area contributed by atoms with E-state index in [0.29, 0.717) is 21.5 Å². The lowest BCUT2D eigenvalue weighted by molar-refractivity contribution is -0.157. The van der Waals surface area contributed by atoms with Crippen molar-refractivity contribution >= 4 is 29.2 Å². The Morgan fingerprint density at radius 3 is 2.16 bits per heavy atom. The smallest absolute Gasteiger partial charge is 0.344 e. The average molecular weight is 307 g/mol. The van der Waals surface area contributed by atoms with E-state index in [1.54, 1.807) is 20.8 Å². The predicted octanol–water partition coefficient (Wildman–Crippen LogP) is 3.72. The summed E-state index contributed by atoms with van der Waals surface area (Å²) in [6.07, 6.45) is 0. The van der Waals surface area contributed by atoms with E-state index in [-0.39, 0.29) is 6.61 Å². The number of methoxy groups -OCH3 is 1. The van der Waals surface area contributed by atoms with Crippen LogP contribution in [0.4, 0.5) is 0 Å². The molecule has 6 heteroatoms. The molecule has 0 aromatic heterocycles. The maximum absolute atomic E-state index is 11.5. The van der Waals surface area contributed by atoms with Gasteiger partial charge in [0.15, 0.2) is 12.4 Å². The first-order valence-corrected chi connectivity index (χ1v) is 6.36. The molecule has 4 nitrogen and oxygen atoms in total. The Kier molecular flexibility index (Phi) is 5.32. The zero-order valence-electron chi connectivity index (χ0n) is 11.3. The fraction of sp³-hybridized carbons (Fsp3) is 0.462. The molecule has 1 aromatic carbocycles. The van der Waals surface area contributed by atoms with Gasteiger partial charge in [-0.1, -0.05) is 23.2 Å². The van der Waals surface area contributed by atoms with Crippen molar-refractivity contribution in [2.45, 2.75) is 26.4 Å². The Bertz CT molecular complexity index is 443. The molecule has 0 amide bonds. The summed E-state index contributed by atoms with van der Waals surface area (Å²) < 4.78 is 15.4. The summed E-state index contributed by atoms with van der Waals surface area (Å²) >= 11 is 11.9. The minimum atomic E-state index is -0.546. The summed E-state index contributed by atoms with van der Waals surface area (Å²) in [5.41, 5.74) is -0.546. The van der Waals surface area contributed by atoms with Crippen molar-refractivity contribution in [3.8, 4) is 11.5 Å². The molecule has 0 N–H and O–H groups in total. The van der Waals surface area contributed by atoms with Crippen molar-refractivity contribution in [2.24, 2.45) is 0 Å². The van der Waals surface area contributed by atoms with Crippen LogP contribution < -0.4 is 9.47 Å². The fourth-order valence-corrected chi connectivity index (χ4v) is 1.95. The van der Waals surface area contributed by atoms with Gasteiger partial charge in [0.1, 0.15) is 11.4 Å².